The van der Waals surface area contributed by atoms with Crippen LogP contribution in [0.3, 0.4) is 0 Å². The lowest BCUT2D eigenvalue weighted by atomic mass is 10.2. The van der Waals surface area contributed by atoms with E-state index >= 15 is 0 Å². The van der Waals surface area contributed by atoms with Crippen molar-refractivity contribution in [2.24, 2.45) is 0 Å². The first-order valence-corrected chi connectivity index (χ1v) is 10.3. The molecule has 4 rings (SSSR count). The number of oxazole rings is 1. The molecule has 1 aromatic heterocycles. The quantitative estimate of drug-likeness (QED) is 0.718. The molecule has 3 aromatic rings. The summed E-state index contributed by atoms with van der Waals surface area (Å²) in [5, 5.41) is 3.04. The normalized spacial score (nSPS) is 15.7. The molecule has 0 aliphatic carbocycles. The summed E-state index contributed by atoms with van der Waals surface area (Å²) in [6.45, 7) is 1.07. The molecule has 0 unspecified atom stereocenters. The van der Waals surface area contributed by atoms with Crippen molar-refractivity contribution >= 4 is 32.8 Å². The first-order valence-electron chi connectivity index (χ1n) is 8.89. The van der Waals surface area contributed by atoms with Crippen LogP contribution in [0.5, 0.6) is 5.75 Å². The van der Waals surface area contributed by atoms with Crippen LogP contribution in [-0.2, 0) is 10.0 Å². The fourth-order valence-corrected chi connectivity index (χ4v) is 4.95. The van der Waals surface area contributed by atoms with Crippen LogP contribution in [0.2, 0.25) is 0 Å². The summed E-state index contributed by atoms with van der Waals surface area (Å²) in [7, 11) is -2.16. The fourth-order valence-electron chi connectivity index (χ4n) is 3.25. The van der Waals surface area contributed by atoms with Gasteiger partial charge >= 0.3 is 0 Å². The van der Waals surface area contributed by atoms with Gasteiger partial charge in [-0.1, -0.05) is 18.6 Å². The number of rotatable bonds is 5. The second kappa shape index (κ2) is 7.21. The van der Waals surface area contributed by atoms with Gasteiger partial charge in [-0.3, -0.25) is 0 Å². The predicted molar refractivity (Wildman–Crippen MR) is 103 cm³/mol. The maximum absolute atomic E-state index is 13.1. The smallest absolute Gasteiger partial charge is 0.300 e. The summed E-state index contributed by atoms with van der Waals surface area (Å²) >= 11 is 0. The molecule has 1 N–H and O–H groups in total. The Balaban J connectivity index is 1.67. The van der Waals surface area contributed by atoms with Crippen LogP contribution in [0, 0.1) is 0 Å². The van der Waals surface area contributed by atoms with Crippen LogP contribution in [0.4, 0.5) is 11.7 Å². The Morgan fingerprint density at radius 3 is 2.63 bits per heavy atom. The number of fused-ring (bicyclic) bond motifs is 1. The maximum atomic E-state index is 13.1. The third-order valence-electron chi connectivity index (χ3n) is 4.64. The monoisotopic (exact) mass is 387 g/mol. The van der Waals surface area contributed by atoms with Crippen molar-refractivity contribution in [2.45, 2.75) is 24.2 Å². The number of piperidine rings is 1. The Morgan fingerprint density at radius 2 is 1.89 bits per heavy atom. The topological polar surface area (TPSA) is 84.7 Å². The van der Waals surface area contributed by atoms with E-state index < -0.39 is 10.0 Å². The minimum Gasteiger partial charge on any atom is -0.495 e. The summed E-state index contributed by atoms with van der Waals surface area (Å²) in [4.78, 5) is 4.51. The van der Waals surface area contributed by atoms with E-state index in [1.807, 2.05) is 24.3 Å². The number of methoxy groups -OCH3 is 1. The van der Waals surface area contributed by atoms with E-state index in [-0.39, 0.29) is 4.90 Å². The Morgan fingerprint density at radius 1 is 1.11 bits per heavy atom. The van der Waals surface area contributed by atoms with Crippen molar-refractivity contribution in [1.82, 2.24) is 9.29 Å². The molecule has 0 amide bonds. The number of sulfonamides is 1. The number of para-hydroxylation sites is 2. The number of aromatic nitrogens is 1. The number of nitrogens with zero attached hydrogens (tertiary/aromatic N) is 2. The highest BCUT2D eigenvalue weighted by atomic mass is 32.2. The van der Waals surface area contributed by atoms with Gasteiger partial charge in [-0.15, -0.1) is 0 Å². The van der Waals surface area contributed by atoms with Crippen LogP contribution in [0.15, 0.2) is 51.8 Å². The van der Waals surface area contributed by atoms with Gasteiger partial charge < -0.3 is 14.5 Å². The summed E-state index contributed by atoms with van der Waals surface area (Å²) in [6.07, 6.45) is 2.81. The average Bonchev–Trinajstić information content (AvgIpc) is 3.11. The Labute approximate surface area is 158 Å². The summed E-state index contributed by atoms with van der Waals surface area (Å²) in [5.74, 6) is 0.323. The second-order valence-electron chi connectivity index (χ2n) is 6.44. The molecule has 1 saturated heterocycles. The van der Waals surface area contributed by atoms with Crippen molar-refractivity contribution in [1.29, 1.82) is 0 Å². The van der Waals surface area contributed by atoms with Crippen LogP contribution in [-0.4, -0.2) is 37.9 Å². The van der Waals surface area contributed by atoms with Gasteiger partial charge in [0.2, 0.25) is 10.0 Å². The largest absolute Gasteiger partial charge is 0.495 e. The molecule has 0 saturated carbocycles. The van der Waals surface area contributed by atoms with E-state index in [0.717, 1.165) is 24.8 Å². The number of benzene rings is 2. The standard InChI is InChI=1S/C19H21N3O4S/c1-25-17-10-9-14(20-19-21-15-7-3-4-8-16(15)26-19)13-18(17)27(23,24)22-11-5-2-6-12-22/h3-4,7-10,13H,2,5-6,11-12H2,1H3,(H,20,21). The SMILES string of the molecule is COc1ccc(Nc2nc3ccccc3o2)cc1S(=O)(=O)N1CCCCC1. The van der Waals surface area contributed by atoms with E-state index in [2.05, 4.69) is 10.3 Å². The van der Waals surface area contributed by atoms with Gasteiger partial charge in [0.15, 0.2) is 5.58 Å². The molecule has 1 aliphatic rings. The number of nitrogens with one attached hydrogen (secondary N) is 1. The molecule has 7 nitrogen and oxygen atoms in total. The molecule has 1 fully saturated rings. The lowest BCUT2D eigenvalue weighted by Crippen LogP contribution is -2.35. The first-order chi connectivity index (χ1) is 13.1. The predicted octanol–water partition coefficient (Wildman–Crippen LogP) is 3.75. The molecule has 0 atom stereocenters. The lowest BCUT2D eigenvalue weighted by molar-refractivity contribution is 0.343. The van der Waals surface area contributed by atoms with Gasteiger partial charge in [0, 0.05) is 18.8 Å². The number of ether oxygens (including phenoxy) is 1. The van der Waals surface area contributed by atoms with E-state index in [4.69, 9.17) is 9.15 Å². The number of hydrogen-bond donors (Lipinski definition) is 1. The average molecular weight is 387 g/mol. The fraction of sp³-hybridized carbons (Fsp3) is 0.316. The van der Waals surface area contributed by atoms with Crippen molar-refractivity contribution in [2.75, 3.05) is 25.5 Å². The van der Waals surface area contributed by atoms with E-state index in [0.29, 0.717) is 36.1 Å². The number of anilines is 2. The molecule has 1 aliphatic heterocycles. The minimum absolute atomic E-state index is 0.146. The van der Waals surface area contributed by atoms with Crippen molar-refractivity contribution < 1.29 is 17.6 Å². The Kier molecular flexibility index (Phi) is 4.75. The molecule has 2 heterocycles. The van der Waals surface area contributed by atoms with Crippen molar-refractivity contribution in [3.8, 4) is 5.75 Å². The van der Waals surface area contributed by atoms with Gasteiger partial charge in [-0.2, -0.15) is 9.29 Å². The third-order valence-corrected chi connectivity index (χ3v) is 6.56. The van der Waals surface area contributed by atoms with Crippen LogP contribution < -0.4 is 10.1 Å². The summed E-state index contributed by atoms with van der Waals surface area (Å²) in [5.41, 5.74) is 1.96. The molecule has 27 heavy (non-hydrogen) atoms. The van der Waals surface area contributed by atoms with Crippen molar-refractivity contribution in [3.63, 3.8) is 0 Å². The second-order valence-corrected chi connectivity index (χ2v) is 8.35. The zero-order valence-corrected chi connectivity index (χ0v) is 15.8. The highest BCUT2D eigenvalue weighted by molar-refractivity contribution is 7.89. The molecular weight excluding hydrogens is 366 g/mol. The van der Waals surface area contributed by atoms with Crippen LogP contribution in [0.1, 0.15) is 19.3 Å². The minimum atomic E-state index is -3.63. The molecule has 142 valence electrons. The zero-order chi connectivity index (χ0) is 18.9. The summed E-state index contributed by atoms with van der Waals surface area (Å²) in [6, 6.07) is 12.7. The van der Waals surface area contributed by atoms with Gasteiger partial charge in [0.05, 0.1) is 7.11 Å². The van der Waals surface area contributed by atoms with E-state index in [9.17, 15) is 8.42 Å². The summed E-state index contributed by atoms with van der Waals surface area (Å²) < 4.78 is 38.7. The lowest BCUT2D eigenvalue weighted by Gasteiger charge is -2.26. The van der Waals surface area contributed by atoms with Crippen molar-refractivity contribution in [3.05, 3.63) is 42.5 Å². The molecule has 8 heteroatoms. The molecule has 0 bridgehead atoms. The van der Waals surface area contributed by atoms with Gasteiger partial charge in [-0.25, -0.2) is 8.42 Å². The van der Waals surface area contributed by atoms with E-state index in [1.54, 1.807) is 18.2 Å². The highest BCUT2D eigenvalue weighted by Gasteiger charge is 2.29. The first kappa shape index (κ1) is 17.8. The third kappa shape index (κ3) is 3.50. The zero-order valence-electron chi connectivity index (χ0n) is 15.0. The van der Waals surface area contributed by atoms with Crippen LogP contribution in [0.25, 0.3) is 11.1 Å². The van der Waals surface area contributed by atoms with Gasteiger partial charge in [0.25, 0.3) is 6.01 Å². The molecule has 2 aromatic carbocycles. The van der Waals surface area contributed by atoms with Gasteiger partial charge in [0.1, 0.15) is 16.2 Å². The maximum Gasteiger partial charge on any atom is 0.300 e. The van der Waals surface area contributed by atoms with Crippen LogP contribution >= 0.6 is 0 Å². The highest BCUT2D eigenvalue weighted by Crippen LogP contribution is 2.32. The molecule has 0 radical (unpaired) electrons. The van der Waals surface area contributed by atoms with Gasteiger partial charge in [-0.05, 0) is 43.2 Å². The Bertz CT molecular complexity index is 1020. The van der Waals surface area contributed by atoms with E-state index in [1.165, 1.54) is 11.4 Å². The molecule has 0 spiro atoms. The molecular formula is C19H21N3O4S. The number of hydrogen-bond acceptors (Lipinski definition) is 6. The Hall–Kier alpha value is -2.58.